The van der Waals surface area contributed by atoms with E-state index < -0.39 is 0 Å². The van der Waals surface area contributed by atoms with Crippen LogP contribution in [0.1, 0.15) is 5.56 Å². The van der Waals surface area contributed by atoms with E-state index in [1.807, 2.05) is 61.5 Å². The molecule has 0 unspecified atom stereocenters. The van der Waals surface area contributed by atoms with Crippen molar-refractivity contribution in [1.82, 2.24) is 15.0 Å². The zero-order valence-corrected chi connectivity index (χ0v) is 14.3. The van der Waals surface area contributed by atoms with E-state index in [-0.39, 0.29) is 0 Å². The number of hydrogen-bond donors (Lipinski definition) is 3. The Morgan fingerprint density at radius 1 is 0.769 bits per heavy atom. The molecule has 0 saturated heterocycles. The first kappa shape index (κ1) is 15.8. The quantitative estimate of drug-likeness (QED) is 0.509. The molecule has 0 bridgehead atoms. The van der Waals surface area contributed by atoms with E-state index in [4.69, 9.17) is 5.73 Å². The molecule has 2 aromatic carbocycles. The van der Waals surface area contributed by atoms with Crippen LogP contribution in [0.15, 0.2) is 67.1 Å². The molecule has 0 atom stereocenters. The van der Waals surface area contributed by atoms with Gasteiger partial charge in [-0.15, -0.1) is 0 Å². The van der Waals surface area contributed by atoms with Crippen molar-refractivity contribution in [2.24, 2.45) is 0 Å². The molecule has 6 nitrogen and oxygen atoms in total. The van der Waals surface area contributed by atoms with Crippen molar-refractivity contribution in [1.29, 1.82) is 0 Å². The average molecular weight is 342 g/mol. The van der Waals surface area contributed by atoms with Crippen molar-refractivity contribution >= 4 is 39.6 Å². The van der Waals surface area contributed by atoms with Gasteiger partial charge in [0.25, 0.3) is 0 Å². The van der Waals surface area contributed by atoms with Crippen molar-refractivity contribution in [3.8, 4) is 0 Å². The molecule has 0 aliphatic heterocycles. The standard InChI is InChI=1S/C20H18N6/c1-13-6-2-3-8-15(13)25-19-18(21)20(24-12-23-19)26-17-10-4-9-16-14(17)7-5-11-22-16/h2-12H,21H2,1H3,(H2,23,24,25,26). The van der Waals surface area contributed by atoms with E-state index in [0.29, 0.717) is 17.3 Å². The molecule has 26 heavy (non-hydrogen) atoms. The Labute approximate surface area is 151 Å². The number of hydrogen-bond acceptors (Lipinski definition) is 6. The lowest BCUT2D eigenvalue weighted by molar-refractivity contribution is 1.17. The van der Waals surface area contributed by atoms with Gasteiger partial charge in [-0.25, -0.2) is 9.97 Å². The number of nitrogens with one attached hydrogen (secondary N) is 2. The topological polar surface area (TPSA) is 88.8 Å². The Bertz CT molecular complexity index is 1070. The SMILES string of the molecule is Cc1ccccc1Nc1ncnc(Nc2cccc3ncccc23)c1N. The molecule has 4 N–H and O–H groups in total. The molecule has 0 aliphatic rings. The molecule has 0 spiro atoms. The van der Waals surface area contributed by atoms with Gasteiger partial charge in [0.2, 0.25) is 0 Å². The highest BCUT2D eigenvalue weighted by Gasteiger charge is 2.11. The van der Waals surface area contributed by atoms with Gasteiger partial charge in [-0.3, -0.25) is 4.98 Å². The van der Waals surface area contributed by atoms with Crippen LogP contribution in [0.3, 0.4) is 0 Å². The van der Waals surface area contributed by atoms with Crippen LogP contribution in [0.2, 0.25) is 0 Å². The average Bonchev–Trinajstić information content (AvgIpc) is 2.67. The van der Waals surface area contributed by atoms with Gasteiger partial charge in [0.05, 0.1) is 5.52 Å². The fourth-order valence-electron chi connectivity index (χ4n) is 2.78. The number of benzene rings is 2. The van der Waals surface area contributed by atoms with Crippen LogP contribution in [0, 0.1) is 6.92 Å². The molecule has 6 heteroatoms. The molecule has 2 heterocycles. The van der Waals surface area contributed by atoms with Crippen molar-refractivity contribution in [2.75, 3.05) is 16.4 Å². The largest absolute Gasteiger partial charge is 0.393 e. The summed E-state index contributed by atoms with van der Waals surface area (Å²) >= 11 is 0. The fourth-order valence-corrected chi connectivity index (χ4v) is 2.78. The van der Waals surface area contributed by atoms with E-state index >= 15 is 0 Å². The smallest absolute Gasteiger partial charge is 0.159 e. The molecule has 4 rings (SSSR count). The third kappa shape index (κ3) is 3.00. The zero-order chi connectivity index (χ0) is 17.9. The summed E-state index contributed by atoms with van der Waals surface area (Å²) in [7, 11) is 0. The van der Waals surface area contributed by atoms with Gasteiger partial charge in [-0.2, -0.15) is 0 Å². The molecule has 0 saturated carbocycles. The lowest BCUT2D eigenvalue weighted by Gasteiger charge is -2.14. The number of rotatable bonds is 4. The summed E-state index contributed by atoms with van der Waals surface area (Å²) in [4.78, 5) is 12.9. The summed E-state index contributed by atoms with van der Waals surface area (Å²) in [6, 6.07) is 17.8. The number of nitrogens with zero attached hydrogens (tertiary/aromatic N) is 3. The summed E-state index contributed by atoms with van der Waals surface area (Å²) in [6.07, 6.45) is 3.26. The lowest BCUT2D eigenvalue weighted by atomic mass is 10.2. The minimum atomic E-state index is 0.455. The number of pyridine rings is 1. The summed E-state index contributed by atoms with van der Waals surface area (Å²) in [6.45, 7) is 2.03. The minimum absolute atomic E-state index is 0.455. The van der Waals surface area contributed by atoms with Crippen molar-refractivity contribution in [3.63, 3.8) is 0 Å². The van der Waals surface area contributed by atoms with Gasteiger partial charge in [-0.1, -0.05) is 24.3 Å². The molecule has 4 aromatic rings. The maximum Gasteiger partial charge on any atom is 0.159 e. The highest BCUT2D eigenvalue weighted by molar-refractivity contribution is 5.94. The predicted molar refractivity (Wildman–Crippen MR) is 106 cm³/mol. The highest BCUT2D eigenvalue weighted by Crippen LogP contribution is 2.31. The van der Waals surface area contributed by atoms with Crippen molar-refractivity contribution in [3.05, 3.63) is 72.7 Å². The zero-order valence-electron chi connectivity index (χ0n) is 14.3. The van der Waals surface area contributed by atoms with Crippen LogP contribution in [0.25, 0.3) is 10.9 Å². The monoisotopic (exact) mass is 342 g/mol. The van der Waals surface area contributed by atoms with Crippen LogP contribution in [-0.4, -0.2) is 15.0 Å². The van der Waals surface area contributed by atoms with Crippen molar-refractivity contribution < 1.29 is 0 Å². The number of aromatic nitrogens is 3. The second-order valence-corrected chi connectivity index (χ2v) is 5.93. The van der Waals surface area contributed by atoms with E-state index in [2.05, 4.69) is 25.6 Å². The Balaban J connectivity index is 1.69. The van der Waals surface area contributed by atoms with Crippen LogP contribution in [-0.2, 0) is 0 Å². The number of nitrogens with two attached hydrogens (primary N) is 1. The van der Waals surface area contributed by atoms with E-state index in [9.17, 15) is 0 Å². The van der Waals surface area contributed by atoms with Crippen LogP contribution in [0.4, 0.5) is 28.7 Å². The number of nitrogen functional groups attached to an aromatic ring is 1. The first-order chi connectivity index (χ1) is 12.7. The number of para-hydroxylation sites is 1. The normalized spacial score (nSPS) is 10.7. The summed E-state index contributed by atoms with van der Waals surface area (Å²) < 4.78 is 0. The lowest BCUT2D eigenvalue weighted by Crippen LogP contribution is -2.06. The van der Waals surface area contributed by atoms with Crippen LogP contribution in [0.5, 0.6) is 0 Å². The Morgan fingerprint density at radius 2 is 1.50 bits per heavy atom. The third-order valence-electron chi connectivity index (χ3n) is 4.18. The van der Waals surface area contributed by atoms with Crippen LogP contribution < -0.4 is 16.4 Å². The van der Waals surface area contributed by atoms with E-state index in [0.717, 1.165) is 27.8 Å². The Hall–Kier alpha value is -3.67. The molecule has 0 fully saturated rings. The molecular formula is C20H18N6. The molecule has 128 valence electrons. The fraction of sp³-hybridized carbons (Fsp3) is 0.0500. The maximum atomic E-state index is 6.31. The maximum absolute atomic E-state index is 6.31. The minimum Gasteiger partial charge on any atom is -0.393 e. The van der Waals surface area contributed by atoms with E-state index in [1.54, 1.807) is 6.20 Å². The van der Waals surface area contributed by atoms with Gasteiger partial charge in [0.1, 0.15) is 12.0 Å². The second-order valence-electron chi connectivity index (χ2n) is 5.93. The molecule has 0 radical (unpaired) electrons. The summed E-state index contributed by atoms with van der Waals surface area (Å²) in [5.74, 6) is 1.11. The molecule has 0 amide bonds. The molecule has 2 aromatic heterocycles. The van der Waals surface area contributed by atoms with E-state index in [1.165, 1.54) is 6.33 Å². The second kappa shape index (κ2) is 6.68. The summed E-state index contributed by atoms with van der Waals surface area (Å²) in [5, 5.41) is 7.58. The predicted octanol–water partition coefficient (Wildman–Crippen LogP) is 4.40. The summed E-state index contributed by atoms with van der Waals surface area (Å²) in [5.41, 5.74) is 10.6. The number of fused-ring (bicyclic) bond motifs is 1. The Morgan fingerprint density at radius 3 is 2.31 bits per heavy atom. The van der Waals surface area contributed by atoms with Gasteiger partial charge >= 0.3 is 0 Å². The third-order valence-corrected chi connectivity index (χ3v) is 4.18. The van der Waals surface area contributed by atoms with Gasteiger partial charge in [0, 0.05) is 23.0 Å². The van der Waals surface area contributed by atoms with Gasteiger partial charge < -0.3 is 16.4 Å². The van der Waals surface area contributed by atoms with Crippen molar-refractivity contribution in [2.45, 2.75) is 6.92 Å². The highest BCUT2D eigenvalue weighted by atomic mass is 15.1. The first-order valence-corrected chi connectivity index (χ1v) is 8.26. The Kier molecular flexibility index (Phi) is 4.07. The molecule has 0 aliphatic carbocycles. The number of aryl methyl sites for hydroxylation is 1. The first-order valence-electron chi connectivity index (χ1n) is 8.26. The number of anilines is 5. The molecular weight excluding hydrogens is 324 g/mol. The van der Waals surface area contributed by atoms with Gasteiger partial charge in [0.15, 0.2) is 11.6 Å². The van der Waals surface area contributed by atoms with Crippen LogP contribution >= 0.6 is 0 Å². The van der Waals surface area contributed by atoms with Gasteiger partial charge in [-0.05, 0) is 42.8 Å².